The summed E-state index contributed by atoms with van der Waals surface area (Å²) in [4.78, 5) is 12.3. The monoisotopic (exact) mass is 216 g/mol. The summed E-state index contributed by atoms with van der Waals surface area (Å²) < 4.78 is 0. The molecule has 0 atom stereocenters. The highest BCUT2D eigenvalue weighted by molar-refractivity contribution is 5.25. The van der Waals surface area contributed by atoms with E-state index in [4.69, 9.17) is 5.11 Å². The molecule has 0 aliphatic heterocycles. The van der Waals surface area contributed by atoms with Gasteiger partial charge >= 0.3 is 0 Å². The fourth-order valence-electron chi connectivity index (χ4n) is 1.20. The zero-order chi connectivity index (χ0) is 11.2. The van der Waals surface area contributed by atoms with E-state index in [9.17, 15) is 0 Å². The zero-order valence-corrected chi connectivity index (χ0v) is 8.67. The smallest absolute Gasteiger partial charge is 0.222 e. The topological polar surface area (TPSA) is 70.9 Å². The minimum atomic E-state index is -0.0411. The SMILES string of the molecule is OCc1cnc(NCc2ccccn2)nc1. The fraction of sp³-hybridized carbons (Fsp3) is 0.182. The van der Waals surface area contributed by atoms with Crippen LogP contribution in [0.1, 0.15) is 11.3 Å². The third-order valence-electron chi connectivity index (χ3n) is 2.04. The summed E-state index contributed by atoms with van der Waals surface area (Å²) in [5, 5.41) is 11.9. The van der Waals surface area contributed by atoms with Crippen LogP contribution in [0.4, 0.5) is 5.95 Å². The third kappa shape index (κ3) is 2.74. The first-order valence-electron chi connectivity index (χ1n) is 4.94. The lowest BCUT2D eigenvalue weighted by Gasteiger charge is -2.03. The van der Waals surface area contributed by atoms with Gasteiger partial charge in [0.25, 0.3) is 0 Å². The van der Waals surface area contributed by atoms with E-state index in [1.165, 1.54) is 0 Å². The largest absolute Gasteiger partial charge is 0.392 e. The number of hydrogen-bond donors (Lipinski definition) is 2. The van der Waals surface area contributed by atoms with Crippen molar-refractivity contribution in [2.24, 2.45) is 0 Å². The summed E-state index contributed by atoms with van der Waals surface area (Å²) >= 11 is 0. The van der Waals surface area contributed by atoms with E-state index in [0.29, 0.717) is 18.1 Å². The van der Waals surface area contributed by atoms with Crippen LogP contribution in [0, 0.1) is 0 Å². The van der Waals surface area contributed by atoms with Gasteiger partial charge in [0.05, 0.1) is 18.8 Å². The van der Waals surface area contributed by atoms with E-state index in [1.807, 2.05) is 18.2 Å². The summed E-state index contributed by atoms with van der Waals surface area (Å²) in [6.07, 6.45) is 4.92. The Hall–Kier alpha value is -2.01. The quantitative estimate of drug-likeness (QED) is 0.797. The van der Waals surface area contributed by atoms with Gasteiger partial charge < -0.3 is 10.4 Å². The minimum absolute atomic E-state index is 0.0411. The Bertz CT molecular complexity index is 429. The highest BCUT2D eigenvalue weighted by Crippen LogP contribution is 2.02. The number of aliphatic hydroxyl groups is 1. The highest BCUT2D eigenvalue weighted by atomic mass is 16.3. The molecule has 2 rings (SSSR count). The molecule has 0 unspecified atom stereocenters. The maximum Gasteiger partial charge on any atom is 0.222 e. The molecular formula is C11H12N4O. The molecule has 0 saturated carbocycles. The van der Waals surface area contributed by atoms with Crippen LogP contribution in [0.3, 0.4) is 0 Å². The summed E-state index contributed by atoms with van der Waals surface area (Å²) in [5.41, 5.74) is 1.63. The summed E-state index contributed by atoms with van der Waals surface area (Å²) in [5.74, 6) is 0.530. The van der Waals surface area contributed by atoms with Gasteiger partial charge in [0.15, 0.2) is 0 Å². The zero-order valence-electron chi connectivity index (χ0n) is 8.67. The van der Waals surface area contributed by atoms with Crippen molar-refractivity contribution in [3.63, 3.8) is 0 Å². The predicted molar refractivity (Wildman–Crippen MR) is 59.5 cm³/mol. The Morgan fingerprint density at radius 3 is 2.56 bits per heavy atom. The lowest BCUT2D eigenvalue weighted by molar-refractivity contribution is 0.281. The van der Waals surface area contributed by atoms with Crippen molar-refractivity contribution in [2.75, 3.05) is 5.32 Å². The minimum Gasteiger partial charge on any atom is -0.392 e. The molecule has 2 N–H and O–H groups in total. The summed E-state index contributed by atoms with van der Waals surface area (Å²) in [6.45, 7) is 0.542. The first kappa shape index (κ1) is 10.5. The lowest BCUT2D eigenvalue weighted by Crippen LogP contribution is -2.04. The molecule has 0 aromatic carbocycles. The maximum atomic E-state index is 8.83. The van der Waals surface area contributed by atoms with E-state index >= 15 is 0 Å². The van der Waals surface area contributed by atoms with Crippen LogP contribution >= 0.6 is 0 Å². The van der Waals surface area contributed by atoms with E-state index in [2.05, 4.69) is 20.3 Å². The molecule has 5 nitrogen and oxygen atoms in total. The molecule has 82 valence electrons. The van der Waals surface area contributed by atoms with Crippen molar-refractivity contribution in [3.8, 4) is 0 Å². The average molecular weight is 216 g/mol. The van der Waals surface area contributed by atoms with Crippen molar-refractivity contribution >= 4 is 5.95 Å². The maximum absolute atomic E-state index is 8.83. The number of hydrogen-bond acceptors (Lipinski definition) is 5. The lowest BCUT2D eigenvalue weighted by atomic mass is 10.3. The molecule has 2 aromatic rings. The second-order valence-electron chi connectivity index (χ2n) is 3.25. The van der Waals surface area contributed by atoms with Gasteiger partial charge in [0.1, 0.15) is 0 Å². The first-order chi connectivity index (χ1) is 7.88. The van der Waals surface area contributed by atoms with E-state index in [-0.39, 0.29) is 6.61 Å². The predicted octanol–water partition coefficient (Wildman–Crippen LogP) is 0.976. The fourth-order valence-corrected chi connectivity index (χ4v) is 1.20. The van der Waals surface area contributed by atoms with Crippen molar-refractivity contribution in [1.82, 2.24) is 15.0 Å². The van der Waals surface area contributed by atoms with Crippen LogP contribution in [0.2, 0.25) is 0 Å². The Labute approximate surface area is 93.2 Å². The van der Waals surface area contributed by atoms with Gasteiger partial charge in [-0.25, -0.2) is 9.97 Å². The molecule has 16 heavy (non-hydrogen) atoms. The number of nitrogens with one attached hydrogen (secondary N) is 1. The van der Waals surface area contributed by atoms with Crippen LogP contribution in [-0.2, 0) is 13.2 Å². The summed E-state index contributed by atoms with van der Waals surface area (Å²) in [6, 6.07) is 5.73. The normalized spacial score (nSPS) is 10.1. The van der Waals surface area contributed by atoms with E-state index in [0.717, 1.165) is 5.69 Å². The molecule has 0 fully saturated rings. The molecule has 0 radical (unpaired) electrons. The van der Waals surface area contributed by atoms with Crippen molar-refractivity contribution in [2.45, 2.75) is 13.2 Å². The van der Waals surface area contributed by atoms with Gasteiger partial charge in [-0.1, -0.05) is 6.07 Å². The second kappa shape index (κ2) is 5.18. The third-order valence-corrected chi connectivity index (χ3v) is 2.04. The van der Waals surface area contributed by atoms with E-state index < -0.39 is 0 Å². The van der Waals surface area contributed by atoms with Crippen molar-refractivity contribution in [3.05, 3.63) is 48.0 Å². The summed E-state index contributed by atoms with van der Waals surface area (Å²) in [7, 11) is 0. The number of nitrogens with zero attached hydrogens (tertiary/aromatic N) is 3. The number of pyridine rings is 1. The van der Waals surface area contributed by atoms with E-state index in [1.54, 1.807) is 18.6 Å². The molecule has 2 heterocycles. The molecular weight excluding hydrogens is 204 g/mol. The van der Waals surface area contributed by atoms with Crippen molar-refractivity contribution < 1.29 is 5.11 Å². The molecule has 0 saturated heterocycles. The Balaban J connectivity index is 1.94. The average Bonchev–Trinajstić information content (AvgIpc) is 2.38. The molecule has 5 heteroatoms. The number of rotatable bonds is 4. The van der Waals surface area contributed by atoms with Crippen LogP contribution in [0.15, 0.2) is 36.8 Å². The van der Waals surface area contributed by atoms with Gasteiger partial charge in [-0.2, -0.15) is 0 Å². The van der Waals surface area contributed by atoms with Crippen LogP contribution in [0.5, 0.6) is 0 Å². The van der Waals surface area contributed by atoms with Gasteiger partial charge in [0.2, 0.25) is 5.95 Å². The first-order valence-corrected chi connectivity index (χ1v) is 4.94. The molecule has 0 spiro atoms. The molecule has 0 aliphatic rings. The van der Waals surface area contributed by atoms with Crippen LogP contribution < -0.4 is 5.32 Å². The number of aromatic nitrogens is 3. The second-order valence-corrected chi connectivity index (χ2v) is 3.25. The Morgan fingerprint density at radius 2 is 1.94 bits per heavy atom. The Kier molecular flexibility index (Phi) is 3.40. The van der Waals surface area contributed by atoms with Gasteiger partial charge in [-0.15, -0.1) is 0 Å². The van der Waals surface area contributed by atoms with Crippen LogP contribution in [-0.4, -0.2) is 20.1 Å². The standard InChI is InChI=1S/C11H12N4O/c16-8-9-5-13-11(14-6-9)15-7-10-3-1-2-4-12-10/h1-6,16H,7-8H2,(H,13,14,15). The number of aliphatic hydroxyl groups excluding tert-OH is 1. The molecule has 0 aliphatic carbocycles. The highest BCUT2D eigenvalue weighted by Gasteiger charge is 1.97. The van der Waals surface area contributed by atoms with Gasteiger partial charge in [-0.05, 0) is 12.1 Å². The van der Waals surface area contributed by atoms with Gasteiger partial charge in [-0.3, -0.25) is 4.98 Å². The van der Waals surface area contributed by atoms with Crippen molar-refractivity contribution in [1.29, 1.82) is 0 Å². The van der Waals surface area contributed by atoms with Crippen LogP contribution in [0.25, 0.3) is 0 Å². The Morgan fingerprint density at radius 1 is 1.12 bits per heavy atom. The molecule has 0 bridgehead atoms. The molecule has 2 aromatic heterocycles. The number of anilines is 1. The molecule has 0 amide bonds. The van der Waals surface area contributed by atoms with Gasteiger partial charge in [0, 0.05) is 24.2 Å².